The van der Waals surface area contributed by atoms with Gasteiger partial charge >= 0.3 is 0 Å². The monoisotopic (exact) mass is 316 g/mol. The van der Waals surface area contributed by atoms with Crippen LogP contribution < -0.4 is 5.73 Å². The third kappa shape index (κ3) is 4.34. The maximum absolute atomic E-state index is 13.5. The Morgan fingerprint density at radius 2 is 2.06 bits per heavy atom. The fourth-order valence-electron chi connectivity index (χ4n) is 1.86. The number of hydrogen-bond donors (Lipinski definition) is 1. The summed E-state index contributed by atoms with van der Waals surface area (Å²) in [7, 11) is 0. The molecule has 0 spiro atoms. The predicted molar refractivity (Wildman–Crippen MR) is 77.9 cm³/mol. The summed E-state index contributed by atoms with van der Waals surface area (Å²) in [4.78, 5) is 2.28. The van der Waals surface area contributed by atoms with Crippen LogP contribution in [0.5, 0.6) is 0 Å². The Kier molecular flexibility index (Phi) is 5.76. The molecule has 0 aromatic heterocycles. The van der Waals surface area contributed by atoms with Crippen LogP contribution in [0.4, 0.5) is 4.39 Å². The Labute approximate surface area is 117 Å². The Morgan fingerprint density at radius 3 is 2.61 bits per heavy atom. The van der Waals surface area contributed by atoms with E-state index in [2.05, 4.69) is 41.6 Å². The molecule has 0 radical (unpaired) electrons. The molecule has 1 aromatic carbocycles. The molecular weight excluding hydrogens is 295 g/mol. The highest BCUT2D eigenvalue weighted by molar-refractivity contribution is 9.10. The number of nitrogens with two attached hydrogens (primary N) is 1. The molecule has 0 aliphatic heterocycles. The lowest BCUT2D eigenvalue weighted by Gasteiger charge is -2.31. The Hall–Kier alpha value is -0.450. The molecule has 2 nitrogen and oxygen atoms in total. The highest BCUT2D eigenvalue weighted by Gasteiger charge is 2.20. The topological polar surface area (TPSA) is 29.3 Å². The lowest BCUT2D eigenvalue weighted by atomic mass is 9.93. The van der Waals surface area contributed by atoms with Crippen LogP contribution >= 0.6 is 15.9 Å². The standard InChI is InChI=1S/C14H22BrFN2/c1-4-18(10-14(2,3)9-17)8-11-6-5-7-12(16)13(11)15/h5-7H,4,8-10,17H2,1-3H3. The van der Waals surface area contributed by atoms with Crippen molar-refractivity contribution in [2.75, 3.05) is 19.6 Å². The van der Waals surface area contributed by atoms with Crippen LogP contribution in [-0.2, 0) is 6.54 Å². The number of rotatable bonds is 6. The van der Waals surface area contributed by atoms with E-state index in [1.54, 1.807) is 6.07 Å². The van der Waals surface area contributed by atoms with Crippen molar-refractivity contribution in [2.24, 2.45) is 11.1 Å². The van der Waals surface area contributed by atoms with Gasteiger partial charge in [-0.05, 0) is 46.1 Å². The third-order valence-electron chi connectivity index (χ3n) is 3.08. The average Bonchev–Trinajstić information content (AvgIpc) is 2.33. The van der Waals surface area contributed by atoms with E-state index in [0.717, 1.165) is 25.2 Å². The zero-order chi connectivity index (χ0) is 13.8. The van der Waals surface area contributed by atoms with Gasteiger partial charge in [-0.15, -0.1) is 0 Å². The molecule has 0 saturated carbocycles. The second-order valence-electron chi connectivity index (χ2n) is 5.38. The lowest BCUT2D eigenvalue weighted by molar-refractivity contribution is 0.183. The van der Waals surface area contributed by atoms with Crippen molar-refractivity contribution in [3.05, 3.63) is 34.1 Å². The van der Waals surface area contributed by atoms with Crippen LogP contribution in [0.3, 0.4) is 0 Å². The van der Waals surface area contributed by atoms with E-state index in [0.29, 0.717) is 11.0 Å². The van der Waals surface area contributed by atoms with Gasteiger partial charge in [-0.1, -0.05) is 32.9 Å². The largest absolute Gasteiger partial charge is 0.330 e. The molecular formula is C14H22BrFN2. The molecule has 1 rings (SSSR count). The van der Waals surface area contributed by atoms with Gasteiger partial charge in [0.25, 0.3) is 0 Å². The van der Waals surface area contributed by atoms with E-state index in [-0.39, 0.29) is 11.2 Å². The van der Waals surface area contributed by atoms with Crippen LogP contribution in [0.15, 0.2) is 22.7 Å². The van der Waals surface area contributed by atoms with Gasteiger partial charge in [0, 0.05) is 13.1 Å². The van der Waals surface area contributed by atoms with Crippen LogP contribution in [0, 0.1) is 11.2 Å². The summed E-state index contributed by atoms with van der Waals surface area (Å²) in [6.45, 7) is 9.62. The second-order valence-corrected chi connectivity index (χ2v) is 6.18. The summed E-state index contributed by atoms with van der Waals surface area (Å²) in [6.07, 6.45) is 0. The minimum atomic E-state index is -0.207. The zero-order valence-corrected chi connectivity index (χ0v) is 12.9. The predicted octanol–water partition coefficient (Wildman–Crippen LogP) is 3.40. The molecule has 4 heteroatoms. The van der Waals surface area contributed by atoms with Crippen LogP contribution in [-0.4, -0.2) is 24.5 Å². The quantitative estimate of drug-likeness (QED) is 0.871. The van der Waals surface area contributed by atoms with E-state index < -0.39 is 0 Å². The Morgan fingerprint density at radius 1 is 1.39 bits per heavy atom. The zero-order valence-electron chi connectivity index (χ0n) is 11.3. The minimum Gasteiger partial charge on any atom is -0.330 e. The van der Waals surface area contributed by atoms with Gasteiger partial charge in [0.2, 0.25) is 0 Å². The molecule has 1 aromatic rings. The maximum atomic E-state index is 13.5. The maximum Gasteiger partial charge on any atom is 0.137 e. The van der Waals surface area contributed by atoms with Crippen molar-refractivity contribution < 1.29 is 4.39 Å². The van der Waals surface area contributed by atoms with Gasteiger partial charge in [0.1, 0.15) is 5.82 Å². The molecule has 0 fully saturated rings. The summed E-state index contributed by atoms with van der Waals surface area (Å²) >= 11 is 3.31. The number of hydrogen-bond acceptors (Lipinski definition) is 2. The van der Waals surface area contributed by atoms with Gasteiger partial charge in [0.15, 0.2) is 0 Å². The Balaban J connectivity index is 2.77. The summed E-state index contributed by atoms with van der Waals surface area (Å²) in [5.74, 6) is -0.207. The SMILES string of the molecule is CCN(Cc1cccc(F)c1Br)CC(C)(C)CN. The molecule has 0 atom stereocenters. The smallest absolute Gasteiger partial charge is 0.137 e. The van der Waals surface area contributed by atoms with E-state index in [4.69, 9.17) is 5.73 Å². The van der Waals surface area contributed by atoms with Crippen LogP contribution in [0.25, 0.3) is 0 Å². The van der Waals surface area contributed by atoms with Crippen molar-refractivity contribution in [1.82, 2.24) is 4.90 Å². The summed E-state index contributed by atoms with van der Waals surface area (Å²) in [6, 6.07) is 5.16. The van der Waals surface area contributed by atoms with E-state index >= 15 is 0 Å². The van der Waals surface area contributed by atoms with E-state index in [1.807, 2.05) is 6.07 Å². The van der Waals surface area contributed by atoms with Crippen molar-refractivity contribution in [3.63, 3.8) is 0 Å². The van der Waals surface area contributed by atoms with Crippen molar-refractivity contribution in [3.8, 4) is 0 Å². The second kappa shape index (κ2) is 6.64. The van der Waals surface area contributed by atoms with E-state index in [1.165, 1.54) is 6.07 Å². The number of benzene rings is 1. The first-order chi connectivity index (χ1) is 8.39. The summed E-state index contributed by atoms with van der Waals surface area (Å²) < 4.78 is 14.0. The number of nitrogens with zero attached hydrogens (tertiary/aromatic N) is 1. The van der Waals surface area contributed by atoms with Gasteiger partial charge in [-0.3, -0.25) is 4.90 Å². The molecule has 102 valence electrons. The molecule has 2 N–H and O–H groups in total. The van der Waals surface area contributed by atoms with E-state index in [9.17, 15) is 4.39 Å². The molecule has 0 aliphatic rings. The molecule has 0 heterocycles. The Bertz CT molecular complexity index is 393. The van der Waals surface area contributed by atoms with Gasteiger partial charge in [0.05, 0.1) is 4.47 Å². The lowest BCUT2D eigenvalue weighted by Crippen LogP contribution is -2.38. The normalized spacial score (nSPS) is 12.2. The van der Waals surface area contributed by atoms with Crippen molar-refractivity contribution in [1.29, 1.82) is 0 Å². The summed E-state index contributed by atoms with van der Waals surface area (Å²) in [5, 5.41) is 0. The molecule has 18 heavy (non-hydrogen) atoms. The van der Waals surface area contributed by atoms with Gasteiger partial charge < -0.3 is 5.73 Å². The van der Waals surface area contributed by atoms with Crippen LogP contribution in [0.2, 0.25) is 0 Å². The van der Waals surface area contributed by atoms with Crippen LogP contribution in [0.1, 0.15) is 26.3 Å². The minimum absolute atomic E-state index is 0.0792. The molecule has 0 bridgehead atoms. The number of halogens is 2. The molecule has 0 aliphatic carbocycles. The highest BCUT2D eigenvalue weighted by atomic mass is 79.9. The van der Waals surface area contributed by atoms with Gasteiger partial charge in [-0.2, -0.15) is 0 Å². The van der Waals surface area contributed by atoms with Crippen molar-refractivity contribution in [2.45, 2.75) is 27.3 Å². The first-order valence-corrected chi connectivity index (χ1v) is 7.04. The first-order valence-electron chi connectivity index (χ1n) is 6.25. The van der Waals surface area contributed by atoms with Crippen molar-refractivity contribution >= 4 is 15.9 Å². The van der Waals surface area contributed by atoms with Gasteiger partial charge in [-0.25, -0.2) is 4.39 Å². The highest BCUT2D eigenvalue weighted by Crippen LogP contribution is 2.23. The first kappa shape index (κ1) is 15.6. The molecule has 0 amide bonds. The fourth-order valence-corrected chi connectivity index (χ4v) is 2.25. The fraction of sp³-hybridized carbons (Fsp3) is 0.571. The average molecular weight is 317 g/mol. The molecule has 0 unspecified atom stereocenters. The third-order valence-corrected chi connectivity index (χ3v) is 3.97. The summed E-state index contributed by atoms with van der Waals surface area (Å²) in [5.41, 5.74) is 6.82. The molecule has 0 saturated heterocycles.